The van der Waals surface area contributed by atoms with Crippen molar-refractivity contribution in [2.24, 2.45) is 0 Å². The fourth-order valence-electron chi connectivity index (χ4n) is 2.14. The smallest absolute Gasteiger partial charge is 0.329 e. The summed E-state index contributed by atoms with van der Waals surface area (Å²) in [6.07, 6.45) is 0.907. The van der Waals surface area contributed by atoms with Gasteiger partial charge in [0.25, 0.3) is 5.91 Å². The van der Waals surface area contributed by atoms with Crippen LogP contribution in [0, 0.1) is 0 Å². The van der Waals surface area contributed by atoms with Gasteiger partial charge in [-0.15, -0.1) is 0 Å². The zero-order valence-corrected chi connectivity index (χ0v) is 12.0. The van der Waals surface area contributed by atoms with Crippen LogP contribution in [0.2, 0.25) is 0 Å². The predicted molar refractivity (Wildman–Crippen MR) is 77.4 cm³/mol. The molecule has 2 rings (SSSR count). The van der Waals surface area contributed by atoms with E-state index in [0.29, 0.717) is 24.2 Å². The first-order valence-electron chi connectivity index (χ1n) is 6.35. The van der Waals surface area contributed by atoms with Crippen LogP contribution in [0.3, 0.4) is 0 Å². The third kappa shape index (κ3) is 3.07. The van der Waals surface area contributed by atoms with Crippen molar-refractivity contribution in [3.05, 3.63) is 29.8 Å². The summed E-state index contributed by atoms with van der Waals surface area (Å²) in [5.74, 6) is 0.829. The van der Waals surface area contributed by atoms with Crippen molar-refractivity contribution < 1.29 is 19.4 Å². The SMILES string of the molecule is COc1ccc(C(=O)NC2(C(=O)O)CCSCC2)cc1. The third-order valence-electron chi connectivity index (χ3n) is 3.46. The van der Waals surface area contributed by atoms with Crippen LogP contribution in [0.4, 0.5) is 0 Å². The number of thioether (sulfide) groups is 1. The maximum Gasteiger partial charge on any atom is 0.329 e. The van der Waals surface area contributed by atoms with E-state index in [2.05, 4.69) is 5.32 Å². The van der Waals surface area contributed by atoms with Gasteiger partial charge in [-0.05, 0) is 48.6 Å². The van der Waals surface area contributed by atoms with Crippen LogP contribution in [0.1, 0.15) is 23.2 Å². The van der Waals surface area contributed by atoms with Crippen molar-refractivity contribution >= 4 is 23.6 Å². The Morgan fingerprint density at radius 1 is 1.25 bits per heavy atom. The van der Waals surface area contributed by atoms with Crippen LogP contribution in [0.25, 0.3) is 0 Å². The number of benzene rings is 1. The maximum absolute atomic E-state index is 12.2. The first-order valence-corrected chi connectivity index (χ1v) is 7.50. The van der Waals surface area contributed by atoms with Gasteiger partial charge >= 0.3 is 5.97 Å². The summed E-state index contributed by atoms with van der Waals surface area (Å²) in [6, 6.07) is 6.61. The van der Waals surface area contributed by atoms with E-state index in [-0.39, 0.29) is 5.91 Å². The molecule has 1 aliphatic rings. The highest BCUT2D eigenvalue weighted by Gasteiger charge is 2.41. The van der Waals surface area contributed by atoms with E-state index < -0.39 is 11.5 Å². The summed E-state index contributed by atoms with van der Waals surface area (Å²) in [7, 11) is 1.55. The Labute approximate surface area is 121 Å². The molecule has 0 aromatic heterocycles. The van der Waals surface area contributed by atoms with E-state index in [1.54, 1.807) is 43.1 Å². The van der Waals surface area contributed by atoms with Gasteiger partial charge in [-0.1, -0.05) is 0 Å². The highest BCUT2D eigenvalue weighted by molar-refractivity contribution is 7.99. The Kier molecular flexibility index (Phi) is 4.54. The molecule has 1 saturated heterocycles. The molecule has 0 radical (unpaired) electrons. The molecule has 0 aliphatic carbocycles. The molecule has 1 aromatic carbocycles. The van der Waals surface area contributed by atoms with Crippen LogP contribution >= 0.6 is 11.8 Å². The zero-order valence-electron chi connectivity index (χ0n) is 11.2. The number of carboxylic acids is 1. The largest absolute Gasteiger partial charge is 0.497 e. The van der Waals surface area contributed by atoms with Crippen molar-refractivity contribution in [2.75, 3.05) is 18.6 Å². The summed E-state index contributed by atoms with van der Waals surface area (Å²) in [4.78, 5) is 23.7. The Bertz CT molecular complexity index is 494. The van der Waals surface area contributed by atoms with E-state index in [9.17, 15) is 14.7 Å². The molecule has 108 valence electrons. The van der Waals surface area contributed by atoms with Crippen LogP contribution in [-0.4, -0.2) is 41.1 Å². The predicted octanol–water partition coefficient (Wildman–Crippen LogP) is 1.78. The number of amides is 1. The molecule has 1 aliphatic heterocycles. The number of hydrogen-bond acceptors (Lipinski definition) is 4. The second kappa shape index (κ2) is 6.17. The Hall–Kier alpha value is -1.69. The molecule has 1 amide bonds. The summed E-state index contributed by atoms with van der Waals surface area (Å²) in [5.41, 5.74) is -0.702. The summed E-state index contributed by atoms with van der Waals surface area (Å²) in [6.45, 7) is 0. The number of methoxy groups -OCH3 is 1. The number of hydrogen-bond donors (Lipinski definition) is 2. The molecular formula is C14H17NO4S. The van der Waals surface area contributed by atoms with Gasteiger partial charge in [0.1, 0.15) is 11.3 Å². The lowest BCUT2D eigenvalue weighted by molar-refractivity contribution is -0.144. The van der Waals surface area contributed by atoms with Crippen LogP contribution in [0.5, 0.6) is 5.75 Å². The summed E-state index contributed by atoms with van der Waals surface area (Å²) >= 11 is 1.71. The van der Waals surface area contributed by atoms with Gasteiger partial charge in [0, 0.05) is 5.56 Å². The lowest BCUT2D eigenvalue weighted by atomic mass is 9.92. The highest BCUT2D eigenvalue weighted by Crippen LogP contribution is 2.28. The monoisotopic (exact) mass is 295 g/mol. The van der Waals surface area contributed by atoms with Crippen molar-refractivity contribution in [1.29, 1.82) is 0 Å². The number of ether oxygens (including phenoxy) is 1. The Balaban J connectivity index is 2.13. The molecule has 1 aromatic rings. The summed E-state index contributed by atoms with van der Waals surface area (Å²) in [5, 5.41) is 12.1. The van der Waals surface area contributed by atoms with Crippen molar-refractivity contribution in [3.8, 4) is 5.75 Å². The van der Waals surface area contributed by atoms with Gasteiger partial charge < -0.3 is 15.2 Å². The minimum Gasteiger partial charge on any atom is -0.497 e. The van der Waals surface area contributed by atoms with Gasteiger partial charge in [0.2, 0.25) is 0 Å². The first kappa shape index (κ1) is 14.7. The van der Waals surface area contributed by atoms with Gasteiger partial charge in [-0.2, -0.15) is 11.8 Å². The van der Waals surface area contributed by atoms with E-state index >= 15 is 0 Å². The molecule has 0 atom stereocenters. The van der Waals surface area contributed by atoms with Crippen molar-refractivity contribution in [1.82, 2.24) is 5.32 Å². The van der Waals surface area contributed by atoms with Gasteiger partial charge in [-0.3, -0.25) is 4.79 Å². The van der Waals surface area contributed by atoms with Crippen molar-refractivity contribution in [2.45, 2.75) is 18.4 Å². The number of carbonyl (C=O) groups excluding carboxylic acids is 1. The average molecular weight is 295 g/mol. The Morgan fingerprint density at radius 2 is 1.85 bits per heavy atom. The van der Waals surface area contributed by atoms with Crippen LogP contribution in [-0.2, 0) is 4.79 Å². The second-order valence-electron chi connectivity index (χ2n) is 4.68. The fourth-order valence-corrected chi connectivity index (χ4v) is 3.33. The Morgan fingerprint density at radius 3 is 2.35 bits per heavy atom. The molecule has 5 nitrogen and oxygen atoms in total. The minimum atomic E-state index is -1.14. The fraction of sp³-hybridized carbons (Fsp3) is 0.429. The van der Waals surface area contributed by atoms with E-state index in [0.717, 1.165) is 11.5 Å². The molecule has 0 unspecified atom stereocenters. The topological polar surface area (TPSA) is 75.6 Å². The first-order chi connectivity index (χ1) is 9.57. The lowest BCUT2D eigenvalue weighted by Crippen LogP contribution is -2.56. The number of nitrogens with one attached hydrogen (secondary N) is 1. The maximum atomic E-state index is 12.2. The molecule has 0 bridgehead atoms. The molecule has 20 heavy (non-hydrogen) atoms. The highest BCUT2D eigenvalue weighted by atomic mass is 32.2. The molecule has 6 heteroatoms. The number of carboxylic acid groups (broad SMARTS) is 1. The van der Waals surface area contributed by atoms with Gasteiger partial charge in [0.15, 0.2) is 0 Å². The average Bonchev–Trinajstić information content (AvgIpc) is 2.48. The normalized spacial score (nSPS) is 17.2. The van der Waals surface area contributed by atoms with Gasteiger partial charge in [-0.25, -0.2) is 4.79 Å². The second-order valence-corrected chi connectivity index (χ2v) is 5.91. The number of carbonyl (C=O) groups is 2. The van der Waals surface area contributed by atoms with Gasteiger partial charge in [0.05, 0.1) is 7.11 Å². The third-order valence-corrected chi connectivity index (χ3v) is 4.45. The molecule has 2 N–H and O–H groups in total. The minimum absolute atomic E-state index is 0.359. The number of rotatable bonds is 4. The van der Waals surface area contributed by atoms with Crippen LogP contribution < -0.4 is 10.1 Å². The summed E-state index contributed by atoms with van der Waals surface area (Å²) < 4.78 is 5.03. The molecule has 1 heterocycles. The molecule has 1 fully saturated rings. The van der Waals surface area contributed by atoms with Crippen LogP contribution in [0.15, 0.2) is 24.3 Å². The van der Waals surface area contributed by atoms with E-state index in [1.165, 1.54) is 0 Å². The molecular weight excluding hydrogens is 278 g/mol. The molecule has 0 saturated carbocycles. The standard InChI is InChI=1S/C14H17NO4S/c1-19-11-4-2-10(3-5-11)12(16)15-14(13(17)18)6-8-20-9-7-14/h2-5H,6-9H2,1H3,(H,15,16)(H,17,18). The number of aliphatic carboxylic acids is 1. The van der Waals surface area contributed by atoms with Crippen molar-refractivity contribution in [3.63, 3.8) is 0 Å². The van der Waals surface area contributed by atoms with E-state index in [1.807, 2.05) is 0 Å². The molecule has 0 spiro atoms. The quantitative estimate of drug-likeness (QED) is 0.885. The van der Waals surface area contributed by atoms with E-state index in [4.69, 9.17) is 4.74 Å². The lowest BCUT2D eigenvalue weighted by Gasteiger charge is -2.33. The zero-order chi connectivity index (χ0) is 14.6.